The number of aryl methyl sites for hydroxylation is 1. The molecule has 0 spiro atoms. The normalized spacial score (nSPS) is 11.5. The number of rotatable bonds is 2. The van der Waals surface area contributed by atoms with Crippen molar-refractivity contribution < 1.29 is 4.74 Å². The maximum absolute atomic E-state index is 5.85. The van der Waals surface area contributed by atoms with Gasteiger partial charge in [0.2, 0.25) is 5.88 Å². The highest BCUT2D eigenvalue weighted by molar-refractivity contribution is 9.10. The Morgan fingerprint density at radius 2 is 1.75 bits per heavy atom. The summed E-state index contributed by atoms with van der Waals surface area (Å²) in [5.74, 6) is 2.01. The summed E-state index contributed by atoms with van der Waals surface area (Å²) in [6.07, 6.45) is 0. The summed E-state index contributed by atoms with van der Waals surface area (Å²) in [7, 11) is 0. The largest absolute Gasteiger partial charge is 0.438 e. The van der Waals surface area contributed by atoms with Gasteiger partial charge in [-0.2, -0.15) is 4.98 Å². The summed E-state index contributed by atoms with van der Waals surface area (Å²) >= 11 is 6.91. The number of nitrogens with zero attached hydrogens (tertiary/aromatic N) is 2. The fraction of sp³-hybridized carbons (Fsp3) is 0.333. The smallest absolute Gasteiger partial charge is 0.223 e. The first-order valence-corrected chi connectivity index (χ1v) is 7.83. The van der Waals surface area contributed by atoms with Crippen molar-refractivity contribution in [2.24, 2.45) is 0 Å². The molecular weight excluding hydrogens is 384 g/mol. The van der Waals surface area contributed by atoms with Gasteiger partial charge >= 0.3 is 0 Å². The van der Waals surface area contributed by atoms with Crippen molar-refractivity contribution in [3.63, 3.8) is 0 Å². The number of aromatic nitrogens is 2. The monoisotopic (exact) mass is 398 g/mol. The Hall–Kier alpha value is -0.940. The molecule has 1 aromatic carbocycles. The van der Waals surface area contributed by atoms with Crippen LogP contribution in [0.3, 0.4) is 0 Å². The average Bonchev–Trinajstić information content (AvgIpc) is 2.31. The maximum Gasteiger partial charge on any atom is 0.223 e. The second kappa shape index (κ2) is 5.82. The molecule has 5 heteroatoms. The molecule has 1 heterocycles. The van der Waals surface area contributed by atoms with Gasteiger partial charge in [-0.25, -0.2) is 4.98 Å². The first-order chi connectivity index (χ1) is 9.25. The van der Waals surface area contributed by atoms with Crippen LogP contribution in [0.25, 0.3) is 0 Å². The molecule has 0 bridgehead atoms. The van der Waals surface area contributed by atoms with Crippen LogP contribution in [0.15, 0.2) is 33.3 Å². The molecule has 0 saturated carbocycles. The molecule has 0 amide bonds. The second-order valence-electron chi connectivity index (χ2n) is 5.64. The zero-order valence-electron chi connectivity index (χ0n) is 11.9. The van der Waals surface area contributed by atoms with Crippen LogP contribution in [0.1, 0.15) is 32.2 Å². The van der Waals surface area contributed by atoms with E-state index in [0.717, 1.165) is 20.6 Å². The Balaban J connectivity index is 2.36. The van der Waals surface area contributed by atoms with E-state index in [1.807, 2.05) is 25.1 Å². The minimum atomic E-state index is -0.133. The van der Waals surface area contributed by atoms with Crippen molar-refractivity contribution in [1.82, 2.24) is 9.97 Å². The molecule has 20 heavy (non-hydrogen) atoms. The van der Waals surface area contributed by atoms with E-state index in [9.17, 15) is 0 Å². The summed E-state index contributed by atoms with van der Waals surface area (Å²) in [5, 5.41) is 0. The molecule has 2 aromatic rings. The molecule has 0 radical (unpaired) electrons. The standard InChI is InChI=1S/C15H16Br2N2O/c1-9-5-6-11(10(16)7-9)20-13-8-12(17)18-14(19-13)15(2,3)4/h5-8H,1-4H3. The number of hydrogen-bond donors (Lipinski definition) is 0. The lowest BCUT2D eigenvalue weighted by Gasteiger charge is -2.17. The Morgan fingerprint density at radius 3 is 2.35 bits per heavy atom. The summed E-state index contributed by atoms with van der Waals surface area (Å²) in [6, 6.07) is 7.70. The van der Waals surface area contributed by atoms with E-state index in [1.54, 1.807) is 6.07 Å². The van der Waals surface area contributed by atoms with Gasteiger partial charge in [0, 0.05) is 11.5 Å². The van der Waals surface area contributed by atoms with Gasteiger partial charge in [-0.15, -0.1) is 0 Å². The molecule has 0 fully saturated rings. The molecule has 106 valence electrons. The fourth-order valence-electron chi connectivity index (χ4n) is 1.59. The number of halogens is 2. The van der Waals surface area contributed by atoms with Gasteiger partial charge in [-0.1, -0.05) is 26.8 Å². The molecule has 0 atom stereocenters. The van der Waals surface area contributed by atoms with Crippen molar-refractivity contribution in [1.29, 1.82) is 0 Å². The summed E-state index contributed by atoms with van der Waals surface area (Å²) < 4.78 is 7.48. The third-order valence-electron chi connectivity index (χ3n) is 2.64. The Labute approximate surface area is 136 Å². The molecule has 0 N–H and O–H groups in total. The average molecular weight is 400 g/mol. The predicted molar refractivity (Wildman–Crippen MR) is 87.4 cm³/mol. The van der Waals surface area contributed by atoms with Crippen LogP contribution >= 0.6 is 31.9 Å². The van der Waals surface area contributed by atoms with Crippen LogP contribution < -0.4 is 4.74 Å². The van der Waals surface area contributed by atoms with E-state index in [4.69, 9.17) is 4.74 Å². The van der Waals surface area contributed by atoms with Crippen molar-refractivity contribution in [2.45, 2.75) is 33.1 Å². The molecule has 0 aliphatic rings. The Morgan fingerprint density at radius 1 is 1.05 bits per heavy atom. The van der Waals surface area contributed by atoms with Crippen LogP contribution in [0.2, 0.25) is 0 Å². The zero-order valence-corrected chi connectivity index (χ0v) is 15.0. The summed E-state index contributed by atoms with van der Waals surface area (Å²) in [4.78, 5) is 8.88. The second-order valence-corrected chi connectivity index (χ2v) is 7.31. The van der Waals surface area contributed by atoms with Gasteiger partial charge in [-0.3, -0.25) is 0 Å². The maximum atomic E-state index is 5.85. The SMILES string of the molecule is Cc1ccc(Oc2cc(Br)nc(C(C)(C)C)n2)c(Br)c1. The van der Waals surface area contributed by atoms with Crippen LogP contribution in [0.4, 0.5) is 0 Å². The predicted octanol–water partition coefficient (Wildman–Crippen LogP) is 5.40. The topological polar surface area (TPSA) is 35.0 Å². The van der Waals surface area contributed by atoms with E-state index >= 15 is 0 Å². The number of ether oxygens (including phenoxy) is 1. The Bertz CT molecular complexity index is 636. The molecule has 1 aromatic heterocycles. The summed E-state index contributed by atoms with van der Waals surface area (Å²) in [5.41, 5.74) is 1.04. The zero-order chi connectivity index (χ0) is 14.9. The third-order valence-corrected chi connectivity index (χ3v) is 3.67. The van der Waals surface area contributed by atoms with Gasteiger partial charge in [0.15, 0.2) is 0 Å². The van der Waals surface area contributed by atoms with Gasteiger partial charge in [-0.05, 0) is 56.5 Å². The van der Waals surface area contributed by atoms with Gasteiger partial charge in [0.1, 0.15) is 16.2 Å². The highest BCUT2D eigenvalue weighted by Gasteiger charge is 2.19. The summed E-state index contributed by atoms with van der Waals surface area (Å²) in [6.45, 7) is 8.24. The van der Waals surface area contributed by atoms with Crippen molar-refractivity contribution >= 4 is 31.9 Å². The lowest BCUT2D eigenvalue weighted by Crippen LogP contribution is -2.16. The number of benzene rings is 1. The highest BCUT2D eigenvalue weighted by atomic mass is 79.9. The fourth-order valence-corrected chi connectivity index (χ4v) is 2.52. The third kappa shape index (κ3) is 3.79. The Kier molecular flexibility index (Phi) is 4.49. The van der Waals surface area contributed by atoms with E-state index < -0.39 is 0 Å². The van der Waals surface area contributed by atoms with E-state index in [2.05, 4.69) is 62.6 Å². The van der Waals surface area contributed by atoms with Gasteiger partial charge in [0.05, 0.1) is 4.47 Å². The minimum Gasteiger partial charge on any atom is -0.438 e. The van der Waals surface area contributed by atoms with Gasteiger partial charge < -0.3 is 4.74 Å². The highest BCUT2D eigenvalue weighted by Crippen LogP contribution is 2.31. The molecule has 2 rings (SSSR count). The number of hydrogen-bond acceptors (Lipinski definition) is 3. The van der Waals surface area contributed by atoms with Crippen molar-refractivity contribution in [2.75, 3.05) is 0 Å². The minimum absolute atomic E-state index is 0.133. The van der Waals surface area contributed by atoms with Crippen molar-refractivity contribution in [3.8, 4) is 11.6 Å². The van der Waals surface area contributed by atoms with Gasteiger partial charge in [0.25, 0.3) is 0 Å². The van der Waals surface area contributed by atoms with E-state index in [1.165, 1.54) is 5.56 Å². The van der Waals surface area contributed by atoms with Crippen LogP contribution in [-0.2, 0) is 5.41 Å². The molecular formula is C15H16Br2N2O. The molecule has 0 unspecified atom stereocenters. The van der Waals surface area contributed by atoms with E-state index in [0.29, 0.717) is 5.88 Å². The lowest BCUT2D eigenvalue weighted by atomic mass is 9.96. The molecule has 0 aliphatic heterocycles. The van der Waals surface area contributed by atoms with Crippen LogP contribution in [0.5, 0.6) is 11.6 Å². The first kappa shape index (κ1) is 15.4. The van der Waals surface area contributed by atoms with Crippen LogP contribution in [-0.4, -0.2) is 9.97 Å². The molecule has 3 nitrogen and oxygen atoms in total. The lowest BCUT2D eigenvalue weighted by molar-refractivity contribution is 0.442. The molecule has 0 aliphatic carbocycles. The van der Waals surface area contributed by atoms with Crippen LogP contribution in [0, 0.1) is 6.92 Å². The van der Waals surface area contributed by atoms with E-state index in [-0.39, 0.29) is 5.41 Å². The quantitative estimate of drug-likeness (QED) is 0.634. The van der Waals surface area contributed by atoms with Crippen molar-refractivity contribution in [3.05, 3.63) is 44.7 Å². The molecule has 0 saturated heterocycles. The first-order valence-electron chi connectivity index (χ1n) is 6.25.